The van der Waals surface area contributed by atoms with Gasteiger partial charge in [0.25, 0.3) is 5.91 Å². The summed E-state index contributed by atoms with van der Waals surface area (Å²) in [6.07, 6.45) is 2.15. The van der Waals surface area contributed by atoms with Gasteiger partial charge in [-0.1, -0.05) is 5.16 Å². The number of nitrogens with one attached hydrogen (secondary N) is 1. The van der Waals surface area contributed by atoms with Gasteiger partial charge in [-0.2, -0.15) is 0 Å². The summed E-state index contributed by atoms with van der Waals surface area (Å²) in [5.41, 5.74) is 6.41. The van der Waals surface area contributed by atoms with E-state index in [0.717, 1.165) is 6.21 Å². The molecule has 1 rings (SSSR count). The maximum atomic E-state index is 9.98. The number of nitrogens with zero attached hydrogens (tertiary/aromatic N) is 1. The number of carbonyl (C=O) groups is 1. The van der Waals surface area contributed by atoms with Crippen LogP contribution in [0.1, 0.15) is 0 Å². The van der Waals surface area contributed by atoms with E-state index in [4.69, 9.17) is 10.2 Å². The van der Waals surface area contributed by atoms with Crippen LogP contribution in [0.2, 0.25) is 0 Å². The zero-order chi connectivity index (χ0) is 8.10. The van der Waals surface area contributed by atoms with Crippen LogP contribution in [0.5, 0.6) is 5.95 Å². The predicted octanol–water partition coefficient (Wildman–Crippen LogP) is 0.454. The maximum absolute atomic E-state index is 9.98. The van der Waals surface area contributed by atoms with Crippen molar-refractivity contribution in [3.8, 4) is 5.95 Å². The molecule has 0 atom stereocenters. The Morgan fingerprint density at radius 1 is 1.82 bits per heavy atom. The molecule has 0 bridgehead atoms. The van der Waals surface area contributed by atoms with Gasteiger partial charge in [0.15, 0.2) is 0 Å². The molecule has 1 amide bonds. The molecule has 1 heterocycles. The van der Waals surface area contributed by atoms with Crippen molar-refractivity contribution >= 4 is 12.1 Å². The van der Waals surface area contributed by atoms with E-state index < -0.39 is 5.91 Å². The summed E-state index contributed by atoms with van der Waals surface area (Å²) >= 11 is 0. The molecule has 5 heteroatoms. The van der Waals surface area contributed by atoms with E-state index in [2.05, 4.69) is 9.99 Å². The quantitative estimate of drug-likeness (QED) is 0.467. The standard InChI is InChI=1S/C6H5N2O3/c7-5(9)4-8-11-6-2-1-3-10-6/h1-4,7H. The highest BCUT2D eigenvalue weighted by Gasteiger charge is 1.92. The fraction of sp³-hybridized carbons (Fsp3) is 0. The molecular weight excluding hydrogens is 148 g/mol. The smallest absolute Gasteiger partial charge is 0.314 e. The largest absolute Gasteiger partial charge is 0.433 e. The number of oxime groups is 1. The van der Waals surface area contributed by atoms with Crippen molar-refractivity contribution in [3.05, 3.63) is 18.4 Å². The first-order valence-corrected chi connectivity index (χ1v) is 2.78. The Bertz CT molecular complexity index is 253. The molecule has 57 valence electrons. The summed E-state index contributed by atoms with van der Waals surface area (Å²) in [4.78, 5) is 14.5. The second kappa shape index (κ2) is 3.40. The summed E-state index contributed by atoms with van der Waals surface area (Å²) in [5, 5.41) is 3.16. The van der Waals surface area contributed by atoms with Gasteiger partial charge < -0.3 is 9.25 Å². The molecule has 0 unspecified atom stereocenters. The molecule has 0 aromatic carbocycles. The summed E-state index contributed by atoms with van der Waals surface area (Å²) in [6, 6.07) is 3.15. The fourth-order valence-electron chi connectivity index (χ4n) is 0.442. The molecule has 11 heavy (non-hydrogen) atoms. The monoisotopic (exact) mass is 153 g/mol. The van der Waals surface area contributed by atoms with Crippen molar-refractivity contribution < 1.29 is 14.0 Å². The third kappa shape index (κ3) is 2.53. The first kappa shape index (κ1) is 7.33. The zero-order valence-corrected chi connectivity index (χ0v) is 5.48. The minimum atomic E-state index is -0.920. The van der Waals surface area contributed by atoms with Crippen LogP contribution in [0.15, 0.2) is 28.0 Å². The lowest BCUT2D eigenvalue weighted by Crippen LogP contribution is -1.99. The van der Waals surface area contributed by atoms with Crippen LogP contribution in [0.25, 0.3) is 0 Å². The summed E-state index contributed by atoms with van der Waals surface area (Å²) in [5.74, 6) is -0.737. The lowest BCUT2D eigenvalue weighted by atomic mass is 10.7. The number of hydrogen-bond donors (Lipinski definition) is 0. The van der Waals surface area contributed by atoms with Crippen LogP contribution >= 0.6 is 0 Å². The van der Waals surface area contributed by atoms with E-state index >= 15 is 0 Å². The average Bonchev–Trinajstić information content (AvgIpc) is 2.39. The van der Waals surface area contributed by atoms with Crippen molar-refractivity contribution in [1.29, 1.82) is 0 Å². The van der Waals surface area contributed by atoms with Gasteiger partial charge in [0.2, 0.25) is 0 Å². The van der Waals surface area contributed by atoms with Gasteiger partial charge in [0.1, 0.15) is 6.21 Å². The molecule has 0 fully saturated rings. The number of amides is 1. The molecule has 0 aliphatic heterocycles. The van der Waals surface area contributed by atoms with Gasteiger partial charge in [-0.15, -0.1) is 0 Å². The van der Waals surface area contributed by atoms with Gasteiger partial charge in [0.05, 0.1) is 6.26 Å². The first-order valence-electron chi connectivity index (χ1n) is 2.78. The zero-order valence-electron chi connectivity index (χ0n) is 5.48. The van der Waals surface area contributed by atoms with E-state index in [9.17, 15) is 4.79 Å². The second-order valence-electron chi connectivity index (χ2n) is 1.62. The Balaban J connectivity index is 2.40. The van der Waals surface area contributed by atoms with Crippen LogP contribution < -0.4 is 10.6 Å². The highest BCUT2D eigenvalue weighted by atomic mass is 16.7. The minimum Gasteiger partial charge on any atom is -0.433 e. The van der Waals surface area contributed by atoms with Gasteiger partial charge in [-0.25, -0.2) is 0 Å². The fourth-order valence-corrected chi connectivity index (χ4v) is 0.442. The number of hydrogen-bond acceptors (Lipinski definition) is 4. The molecule has 1 aromatic rings. The molecule has 1 N–H and O–H groups in total. The van der Waals surface area contributed by atoms with E-state index in [1.165, 1.54) is 12.3 Å². The summed E-state index contributed by atoms with van der Waals surface area (Å²) in [7, 11) is 0. The molecule has 1 aromatic heterocycles. The molecule has 0 spiro atoms. The Kier molecular flexibility index (Phi) is 2.27. The molecule has 0 aliphatic carbocycles. The van der Waals surface area contributed by atoms with E-state index in [1.807, 2.05) is 0 Å². The van der Waals surface area contributed by atoms with E-state index in [0.29, 0.717) is 0 Å². The van der Waals surface area contributed by atoms with E-state index in [1.54, 1.807) is 6.07 Å². The minimum absolute atomic E-state index is 0.183. The number of furan rings is 1. The lowest BCUT2D eigenvalue weighted by Gasteiger charge is -1.87. The van der Waals surface area contributed by atoms with Crippen LogP contribution in [0.3, 0.4) is 0 Å². The topological polar surface area (TPSA) is 75.6 Å². The van der Waals surface area contributed by atoms with Crippen molar-refractivity contribution in [1.82, 2.24) is 5.73 Å². The molecule has 5 nitrogen and oxygen atoms in total. The van der Waals surface area contributed by atoms with Gasteiger partial charge in [0, 0.05) is 6.07 Å². The van der Waals surface area contributed by atoms with Crippen LogP contribution in [0.4, 0.5) is 0 Å². The summed E-state index contributed by atoms with van der Waals surface area (Å²) in [6.45, 7) is 0. The van der Waals surface area contributed by atoms with E-state index in [-0.39, 0.29) is 5.95 Å². The molecule has 0 aliphatic rings. The highest BCUT2D eigenvalue weighted by molar-refractivity contribution is 6.24. The Labute approximate surface area is 62.4 Å². The Morgan fingerprint density at radius 2 is 2.64 bits per heavy atom. The Hall–Kier alpha value is -1.78. The third-order valence-electron chi connectivity index (χ3n) is 0.808. The summed E-state index contributed by atoms with van der Waals surface area (Å²) < 4.78 is 4.71. The van der Waals surface area contributed by atoms with Crippen molar-refractivity contribution in [2.24, 2.45) is 5.16 Å². The van der Waals surface area contributed by atoms with Gasteiger partial charge in [-0.05, 0) is 6.07 Å². The molecule has 0 saturated carbocycles. The molecule has 1 radical (unpaired) electrons. The van der Waals surface area contributed by atoms with Crippen LogP contribution in [-0.2, 0) is 4.79 Å². The van der Waals surface area contributed by atoms with Crippen molar-refractivity contribution in [2.75, 3.05) is 0 Å². The molecule has 0 saturated heterocycles. The van der Waals surface area contributed by atoms with Crippen molar-refractivity contribution in [2.45, 2.75) is 0 Å². The van der Waals surface area contributed by atoms with Gasteiger partial charge >= 0.3 is 5.95 Å². The van der Waals surface area contributed by atoms with Crippen molar-refractivity contribution in [3.63, 3.8) is 0 Å². The predicted molar refractivity (Wildman–Crippen MR) is 35.9 cm³/mol. The first-order chi connectivity index (χ1) is 5.29. The maximum Gasteiger partial charge on any atom is 0.314 e. The number of carbonyl (C=O) groups excluding carboxylic acids is 1. The SMILES string of the molecule is [NH]C(=O)C=NOc1ccco1. The van der Waals surface area contributed by atoms with Gasteiger partial charge in [-0.3, -0.25) is 10.5 Å². The second-order valence-corrected chi connectivity index (χ2v) is 1.62. The van der Waals surface area contributed by atoms with Crippen LogP contribution in [-0.4, -0.2) is 12.1 Å². The molecular formula is C6H5N2O3. The third-order valence-corrected chi connectivity index (χ3v) is 0.808. The highest BCUT2D eigenvalue weighted by Crippen LogP contribution is 2.09. The number of rotatable bonds is 3. The Morgan fingerprint density at radius 3 is 3.18 bits per heavy atom. The van der Waals surface area contributed by atoms with Crippen LogP contribution in [0, 0.1) is 0 Å². The lowest BCUT2D eigenvalue weighted by molar-refractivity contribution is -0.112. The normalized spacial score (nSPS) is 10.2. The average molecular weight is 153 g/mol.